The Hall–Kier alpha value is -1.32. The van der Waals surface area contributed by atoms with Gasteiger partial charge >= 0.3 is 0 Å². The number of H-pyrrole nitrogens is 1. The summed E-state index contributed by atoms with van der Waals surface area (Å²) in [5, 5.41) is 9.92. The van der Waals surface area contributed by atoms with Gasteiger partial charge < -0.3 is 10.2 Å². The molecule has 0 fully saturated rings. The number of benzene rings is 1. The number of rotatable bonds is 3. The Morgan fingerprint density at radius 2 is 2.21 bits per heavy atom. The number of aromatic amines is 1. The molecular formula is C11H14N2O. The fourth-order valence-electron chi connectivity index (χ4n) is 1.62. The first-order valence-corrected chi connectivity index (χ1v) is 4.76. The number of fused-ring (bicyclic) bond motifs is 1. The maximum atomic E-state index is 8.71. The Morgan fingerprint density at radius 1 is 1.43 bits per heavy atom. The van der Waals surface area contributed by atoms with Gasteiger partial charge in [0.2, 0.25) is 0 Å². The van der Waals surface area contributed by atoms with Crippen molar-refractivity contribution < 1.29 is 5.21 Å². The van der Waals surface area contributed by atoms with Crippen LogP contribution in [0.3, 0.4) is 0 Å². The molecule has 74 valence electrons. The summed E-state index contributed by atoms with van der Waals surface area (Å²) in [4.78, 5) is 3.31. The molecule has 0 amide bonds. The Kier molecular flexibility index (Phi) is 2.52. The minimum absolute atomic E-state index is 0.0723. The standard InChI is InChI=1S/C11H14N2O/c1-8(13-14)6-10-7-9-4-2-3-5-11(9)12-10/h2-5,7-8,12-14H,6H2,1H3. The molecule has 0 saturated heterocycles. The lowest BCUT2D eigenvalue weighted by Crippen LogP contribution is -2.24. The van der Waals surface area contributed by atoms with Crippen LogP contribution >= 0.6 is 0 Å². The van der Waals surface area contributed by atoms with Gasteiger partial charge in [0.05, 0.1) is 0 Å². The van der Waals surface area contributed by atoms with E-state index in [1.807, 2.05) is 19.1 Å². The van der Waals surface area contributed by atoms with Gasteiger partial charge in [0.25, 0.3) is 0 Å². The van der Waals surface area contributed by atoms with Gasteiger partial charge in [0, 0.05) is 23.7 Å². The second-order valence-corrected chi connectivity index (χ2v) is 3.62. The van der Waals surface area contributed by atoms with Gasteiger partial charge in [-0.2, -0.15) is 0 Å². The summed E-state index contributed by atoms with van der Waals surface area (Å²) in [6, 6.07) is 10.3. The van der Waals surface area contributed by atoms with Crippen molar-refractivity contribution in [3.05, 3.63) is 36.0 Å². The van der Waals surface area contributed by atoms with Gasteiger partial charge in [0.15, 0.2) is 0 Å². The van der Waals surface area contributed by atoms with Crippen LogP contribution < -0.4 is 5.48 Å². The molecule has 3 nitrogen and oxygen atoms in total. The van der Waals surface area contributed by atoms with Crippen LogP contribution in [0.1, 0.15) is 12.6 Å². The van der Waals surface area contributed by atoms with Crippen LogP contribution in [0.2, 0.25) is 0 Å². The van der Waals surface area contributed by atoms with Crippen molar-refractivity contribution >= 4 is 10.9 Å². The summed E-state index contributed by atoms with van der Waals surface area (Å²) in [5.41, 5.74) is 4.52. The van der Waals surface area contributed by atoms with Gasteiger partial charge in [-0.15, -0.1) is 0 Å². The van der Waals surface area contributed by atoms with Crippen LogP contribution in [0.15, 0.2) is 30.3 Å². The Morgan fingerprint density at radius 3 is 2.93 bits per heavy atom. The number of hydroxylamine groups is 1. The number of nitrogens with one attached hydrogen (secondary N) is 2. The first kappa shape index (κ1) is 9.24. The molecule has 1 unspecified atom stereocenters. The summed E-state index contributed by atoms with van der Waals surface area (Å²) in [6.07, 6.45) is 0.797. The van der Waals surface area contributed by atoms with E-state index < -0.39 is 0 Å². The Bertz CT molecular complexity index is 389. The molecule has 0 bridgehead atoms. The smallest absolute Gasteiger partial charge is 0.0456 e. The van der Waals surface area contributed by atoms with Crippen molar-refractivity contribution in [3.8, 4) is 0 Å². The van der Waals surface area contributed by atoms with Crippen molar-refractivity contribution in [1.29, 1.82) is 0 Å². The average molecular weight is 190 g/mol. The molecule has 1 heterocycles. The quantitative estimate of drug-likeness (QED) is 0.649. The maximum Gasteiger partial charge on any atom is 0.0456 e. The molecule has 3 N–H and O–H groups in total. The molecular weight excluding hydrogens is 176 g/mol. The molecule has 0 aliphatic rings. The van der Waals surface area contributed by atoms with Gasteiger partial charge in [-0.05, 0) is 24.4 Å². The topological polar surface area (TPSA) is 48.0 Å². The SMILES string of the molecule is CC(Cc1cc2ccccc2[nH]1)NO. The molecule has 1 aromatic carbocycles. The number of hydrogen-bond donors (Lipinski definition) is 3. The Balaban J connectivity index is 2.27. The van der Waals surface area contributed by atoms with E-state index in [2.05, 4.69) is 28.7 Å². The molecule has 0 aliphatic carbocycles. The summed E-state index contributed by atoms with van der Waals surface area (Å²) < 4.78 is 0. The second-order valence-electron chi connectivity index (χ2n) is 3.62. The molecule has 0 saturated carbocycles. The maximum absolute atomic E-state index is 8.71. The zero-order chi connectivity index (χ0) is 9.97. The van der Waals surface area contributed by atoms with Crippen LogP contribution in [0.25, 0.3) is 10.9 Å². The Labute approximate surface area is 82.7 Å². The van der Waals surface area contributed by atoms with E-state index in [0.29, 0.717) is 0 Å². The van der Waals surface area contributed by atoms with Crippen LogP contribution in [0.5, 0.6) is 0 Å². The minimum Gasteiger partial charge on any atom is -0.358 e. The van der Waals surface area contributed by atoms with E-state index in [9.17, 15) is 0 Å². The highest BCUT2D eigenvalue weighted by atomic mass is 16.5. The van der Waals surface area contributed by atoms with E-state index in [0.717, 1.165) is 17.6 Å². The van der Waals surface area contributed by atoms with Crippen molar-refractivity contribution in [3.63, 3.8) is 0 Å². The minimum atomic E-state index is 0.0723. The number of para-hydroxylation sites is 1. The summed E-state index contributed by atoms with van der Waals surface area (Å²) >= 11 is 0. The zero-order valence-corrected chi connectivity index (χ0v) is 8.12. The third-order valence-electron chi connectivity index (χ3n) is 2.33. The van der Waals surface area contributed by atoms with Crippen molar-refractivity contribution in [2.24, 2.45) is 0 Å². The van der Waals surface area contributed by atoms with Crippen molar-refractivity contribution in [2.45, 2.75) is 19.4 Å². The highest BCUT2D eigenvalue weighted by Crippen LogP contribution is 2.15. The molecule has 0 radical (unpaired) electrons. The predicted octanol–water partition coefficient (Wildman–Crippen LogP) is 2.08. The normalized spacial score (nSPS) is 13.3. The van der Waals surface area contributed by atoms with E-state index in [4.69, 9.17) is 5.21 Å². The van der Waals surface area contributed by atoms with E-state index in [1.54, 1.807) is 0 Å². The molecule has 0 spiro atoms. The first-order chi connectivity index (χ1) is 6.79. The summed E-state index contributed by atoms with van der Waals surface area (Å²) in [5.74, 6) is 0. The van der Waals surface area contributed by atoms with Crippen molar-refractivity contribution in [1.82, 2.24) is 10.5 Å². The summed E-state index contributed by atoms with van der Waals surface area (Å²) in [6.45, 7) is 1.94. The van der Waals surface area contributed by atoms with E-state index >= 15 is 0 Å². The zero-order valence-electron chi connectivity index (χ0n) is 8.12. The van der Waals surface area contributed by atoms with Gasteiger partial charge in [-0.3, -0.25) is 0 Å². The highest BCUT2D eigenvalue weighted by Gasteiger charge is 2.04. The lowest BCUT2D eigenvalue weighted by atomic mass is 10.2. The lowest BCUT2D eigenvalue weighted by Gasteiger charge is -2.05. The predicted molar refractivity (Wildman–Crippen MR) is 56.4 cm³/mol. The highest BCUT2D eigenvalue weighted by molar-refractivity contribution is 5.80. The second kappa shape index (κ2) is 3.82. The summed E-state index contributed by atoms with van der Waals surface area (Å²) in [7, 11) is 0. The average Bonchev–Trinajstić information content (AvgIpc) is 2.59. The number of aromatic nitrogens is 1. The molecule has 2 aromatic rings. The largest absolute Gasteiger partial charge is 0.358 e. The fourth-order valence-corrected chi connectivity index (χ4v) is 1.62. The van der Waals surface area contributed by atoms with E-state index in [-0.39, 0.29) is 6.04 Å². The third-order valence-corrected chi connectivity index (χ3v) is 2.33. The van der Waals surface area contributed by atoms with E-state index in [1.165, 1.54) is 5.39 Å². The van der Waals surface area contributed by atoms with Gasteiger partial charge in [0.1, 0.15) is 0 Å². The molecule has 2 rings (SSSR count). The van der Waals surface area contributed by atoms with Crippen LogP contribution in [0.4, 0.5) is 0 Å². The van der Waals surface area contributed by atoms with Gasteiger partial charge in [-0.1, -0.05) is 18.2 Å². The fraction of sp³-hybridized carbons (Fsp3) is 0.273. The monoisotopic (exact) mass is 190 g/mol. The molecule has 0 aliphatic heterocycles. The molecule has 1 aromatic heterocycles. The van der Waals surface area contributed by atoms with Crippen LogP contribution in [-0.2, 0) is 6.42 Å². The molecule has 1 atom stereocenters. The van der Waals surface area contributed by atoms with Gasteiger partial charge in [-0.25, -0.2) is 5.48 Å². The third kappa shape index (κ3) is 1.78. The number of hydrogen-bond acceptors (Lipinski definition) is 2. The van der Waals surface area contributed by atoms with Crippen LogP contribution in [-0.4, -0.2) is 16.2 Å². The van der Waals surface area contributed by atoms with Crippen LogP contribution in [0, 0.1) is 0 Å². The van der Waals surface area contributed by atoms with Crippen molar-refractivity contribution in [2.75, 3.05) is 0 Å². The molecule has 14 heavy (non-hydrogen) atoms. The molecule has 3 heteroatoms. The lowest BCUT2D eigenvalue weighted by molar-refractivity contribution is 0.132. The first-order valence-electron chi connectivity index (χ1n) is 4.76.